The van der Waals surface area contributed by atoms with Crippen LogP contribution in [0, 0.1) is 5.92 Å². The Kier molecular flexibility index (Phi) is 9.76. The lowest BCUT2D eigenvalue weighted by Crippen LogP contribution is -2.47. The van der Waals surface area contributed by atoms with Crippen LogP contribution < -0.4 is 10.6 Å². The van der Waals surface area contributed by atoms with Gasteiger partial charge in [-0.1, -0.05) is 100 Å². The second-order valence-corrected chi connectivity index (χ2v) is 9.59. The Morgan fingerprint density at radius 2 is 1.68 bits per heavy atom. The van der Waals surface area contributed by atoms with E-state index in [0.717, 1.165) is 29.8 Å². The van der Waals surface area contributed by atoms with Crippen LogP contribution in [0.4, 0.5) is 5.13 Å². The number of aryl methyl sites for hydroxylation is 1. The minimum absolute atomic E-state index is 0.0386. The number of nitrogens with zero attached hydrogens (tertiary/aromatic N) is 2. The van der Waals surface area contributed by atoms with E-state index in [9.17, 15) is 9.59 Å². The van der Waals surface area contributed by atoms with Crippen molar-refractivity contribution in [3.63, 3.8) is 0 Å². The largest absolute Gasteiger partial charge is 0.340 e. The molecule has 0 spiro atoms. The number of benzene rings is 2. The monoisotopic (exact) mass is 478 g/mol. The van der Waals surface area contributed by atoms with Crippen LogP contribution in [0.15, 0.2) is 54.6 Å². The Morgan fingerprint density at radius 1 is 0.941 bits per heavy atom. The van der Waals surface area contributed by atoms with E-state index in [1.54, 1.807) is 0 Å². The predicted molar refractivity (Wildman–Crippen MR) is 139 cm³/mol. The summed E-state index contributed by atoms with van der Waals surface area (Å²) >= 11 is 1.31. The van der Waals surface area contributed by atoms with Gasteiger partial charge in [-0.05, 0) is 36.5 Å². The fourth-order valence-corrected chi connectivity index (χ4v) is 4.41. The highest BCUT2D eigenvalue weighted by Gasteiger charge is 2.27. The standard InChI is InChI=1S/C27H34N4O2S/c1-4-6-7-9-12-20-15-17-21(18-16-20)24(32)28-23(19(3)5-2)25(33)29-27-31-30-26(34-27)22-13-10-8-11-14-22/h8,10-11,13-19,23H,4-7,9,12H2,1-3H3,(H,28,32)(H,29,31,33). The van der Waals surface area contributed by atoms with Crippen LogP contribution in [-0.2, 0) is 11.2 Å². The van der Waals surface area contributed by atoms with Gasteiger partial charge in [0, 0.05) is 11.1 Å². The lowest BCUT2D eigenvalue weighted by Gasteiger charge is -2.23. The number of carbonyl (C=O) groups excluding carboxylic acids is 2. The quantitative estimate of drug-likeness (QED) is 0.308. The molecule has 0 aliphatic rings. The molecule has 2 amide bonds. The van der Waals surface area contributed by atoms with Gasteiger partial charge in [0.1, 0.15) is 11.0 Å². The number of amides is 2. The average molecular weight is 479 g/mol. The maximum absolute atomic E-state index is 13.1. The van der Waals surface area contributed by atoms with Crippen LogP contribution in [0.3, 0.4) is 0 Å². The van der Waals surface area contributed by atoms with Gasteiger partial charge in [0.15, 0.2) is 0 Å². The van der Waals surface area contributed by atoms with E-state index in [2.05, 4.69) is 27.8 Å². The molecule has 0 fully saturated rings. The number of hydrogen-bond acceptors (Lipinski definition) is 5. The van der Waals surface area contributed by atoms with Crippen molar-refractivity contribution in [3.8, 4) is 10.6 Å². The number of carbonyl (C=O) groups is 2. The first-order chi connectivity index (χ1) is 16.5. The molecule has 0 aliphatic carbocycles. The van der Waals surface area contributed by atoms with E-state index in [-0.39, 0.29) is 17.7 Å². The third-order valence-corrected chi connectivity index (χ3v) is 6.88. The van der Waals surface area contributed by atoms with Gasteiger partial charge in [0.2, 0.25) is 11.0 Å². The number of nitrogens with one attached hydrogen (secondary N) is 2. The zero-order valence-corrected chi connectivity index (χ0v) is 21.0. The van der Waals surface area contributed by atoms with E-state index >= 15 is 0 Å². The van der Waals surface area contributed by atoms with Crippen molar-refractivity contribution in [2.75, 3.05) is 5.32 Å². The number of aromatic nitrogens is 2. The maximum atomic E-state index is 13.1. The van der Waals surface area contributed by atoms with Gasteiger partial charge in [0.25, 0.3) is 5.91 Å². The molecular weight excluding hydrogens is 444 g/mol. The third kappa shape index (κ3) is 7.22. The zero-order chi connectivity index (χ0) is 24.3. The van der Waals surface area contributed by atoms with E-state index in [1.165, 1.54) is 36.2 Å². The first kappa shape index (κ1) is 25.6. The van der Waals surface area contributed by atoms with Gasteiger partial charge >= 0.3 is 0 Å². The van der Waals surface area contributed by atoms with Gasteiger partial charge in [-0.25, -0.2) is 0 Å². The molecule has 7 heteroatoms. The number of hydrogen-bond donors (Lipinski definition) is 2. The molecule has 0 saturated heterocycles. The molecule has 0 aliphatic heterocycles. The summed E-state index contributed by atoms with van der Waals surface area (Å²) in [5.74, 6) is -0.575. The van der Waals surface area contributed by atoms with Crippen LogP contribution >= 0.6 is 11.3 Å². The van der Waals surface area contributed by atoms with Gasteiger partial charge in [-0.2, -0.15) is 0 Å². The van der Waals surface area contributed by atoms with E-state index < -0.39 is 6.04 Å². The molecule has 0 saturated carbocycles. The Morgan fingerprint density at radius 3 is 2.35 bits per heavy atom. The summed E-state index contributed by atoms with van der Waals surface area (Å²) < 4.78 is 0. The lowest BCUT2D eigenvalue weighted by atomic mass is 9.97. The Bertz CT molecular complexity index is 1050. The number of unbranched alkanes of at least 4 members (excludes halogenated alkanes) is 3. The molecule has 1 aromatic heterocycles. The Hall–Kier alpha value is -3.06. The second kappa shape index (κ2) is 13.0. The average Bonchev–Trinajstić information content (AvgIpc) is 3.34. The fraction of sp³-hybridized carbons (Fsp3) is 0.407. The number of anilines is 1. The van der Waals surface area contributed by atoms with Crippen LogP contribution in [0.25, 0.3) is 10.6 Å². The van der Waals surface area contributed by atoms with Crippen molar-refractivity contribution >= 4 is 28.3 Å². The summed E-state index contributed by atoms with van der Waals surface area (Å²) in [6.45, 7) is 6.17. The molecule has 2 N–H and O–H groups in total. The van der Waals surface area contributed by atoms with Gasteiger partial charge in [-0.15, -0.1) is 10.2 Å². The molecule has 2 aromatic carbocycles. The third-order valence-electron chi connectivity index (χ3n) is 5.99. The second-order valence-electron chi connectivity index (χ2n) is 8.61. The van der Waals surface area contributed by atoms with Crippen LogP contribution in [-0.4, -0.2) is 28.1 Å². The Balaban J connectivity index is 1.62. The first-order valence-electron chi connectivity index (χ1n) is 12.1. The van der Waals surface area contributed by atoms with Crippen molar-refractivity contribution in [1.29, 1.82) is 0 Å². The molecule has 2 unspecified atom stereocenters. The smallest absolute Gasteiger partial charge is 0.251 e. The Labute approximate surface area is 206 Å². The topological polar surface area (TPSA) is 84.0 Å². The fourth-order valence-electron chi connectivity index (χ4n) is 3.66. The molecule has 3 rings (SSSR count). The van der Waals surface area contributed by atoms with Gasteiger partial charge in [-0.3, -0.25) is 14.9 Å². The van der Waals surface area contributed by atoms with Crippen LogP contribution in [0.2, 0.25) is 0 Å². The molecule has 180 valence electrons. The predicted octanol–water partition coefficient (Wildman–Crippen LogP) is 6.11. The van der Waals surface area contributed by atoms with E-state index in [1.807, 2.05) is 68.4 Å². The summed E-state index contributed by atoms with van der Waals surface area (Å²) in [5.41, 5.74) is 2.73. The minimum Gasteiger partial charge on any atom is -0.340 e. The lowest BCUT2D eigenvalue weighted by molar-refractivity contribution is -0.119. The molecule has 3 aromatic rings. The van der Waals surface area contributed by atoms with Crippen molar-refractivity contribution < 1.29 is 9.59 Å². The molecule has 0 bridgehead atoms. The summed E-state index contributed by atoms with van der Waals surface area (Å²) in [4.78, 5) is 26.0. The summed E-state index contributed by atoms with van der Waals surface area (Å²) in [7, 11) is 0. The summed E-state index contributed by atoms with van der Waals surface area (Å²) in [6.07, 6.45) is 6.63. The molecule has 0 radical (unpaired) electrons. The normalized spacial score (nSPS) is 12.7. The molecule has 1 heterocycles. The van der Waals surface area contributed by atoms with Crippen LogP contribution in [0.5, 0.6) is 0 Å². The minimum atomic E-state index is -0.671. The molecular formula is C27H34N4O2S. The molecule has 2 atom stereocenters. The highest BCUT2D eigenvalue weighted by molar-refractivity contribution is 7.18. The highest BCUT2D eigenvalue weighted by atomic mass is 32.1. The summed E-state index contributed by atoms with van der Waals surface area (Å²) in [5, 5.41) is 15.2. The highest BCUT2D eigenvalue weighted by Crippen LogP contribution is 2.26. The maximum Gasteiger partial charge on any atom is 0.251 e. The SMILES string of the molecule is CCCCCCc1ccc(C(=O)NC(C(=O)Nc2nnc(-c3ccccc3)s2)C(C)CC)cc1. The van der Waals surface area contributed by atoms with Crippen LogP contribution in [0.1, 0.15) is 68.8 Å². The summed E-state index contributed by atoms with van der Waals surface area (Å²) in [6, 6.07) is 16.7. The molecule has 34 heavy (non-hydrogen) atoms. The first-order valence-corrected chi connectivity index (χ1v) is 12.9. The van der Waals surface area contributed by atoms with Gasteiger partial charge < -0.3 is 5.32 Å². The van der Waals surface area contributed by atoms with Crippen molar-refractivity contribution in [1.82, 2.24) is 15.5 Å². The molecule has 6 nitrogen and oxygen atoms in total. The van der Waals surface area contributed by atoms with Gasteiger partial charge in [0.05, 0.1) is 0 Å². The number of rotatable bonds is 12. The van der Waals surface area contributed by atoms with Crippen molar-refractivity contribution in [2.45, 2.75) is 65.3 Å². The van der Waals surface area contributed by atoms with Crippen molar-refractivity contribution in [3.05, 3.63) is 65.7 Å². The zero-order valence-electron chi connectivity index (χ0n) is 20.2. The van der Waals surface area contributed by atoms with E-state index in [0.29, 0.717) is 10.7 Å². The van der Waals surface area contributed by atoms with Crippen molar-refractivity contribution in [2.24, 2.45) is 5.92 Å². The van der Waals surface area contributed by atoms with E-state index in [4.69, 9.17) is 0 Å².